The standard InChI is InChI=1S/C18H28N2O/c1-3-5-7-17(6-4-2)20-18(21)15-9-8-14-10-11-19-13-16(14)12-15/h8-9,12,17,19H,3-7,10-11,13H2,1-2H3,(H,20,21). The lowest BCUT2D eigenvalue weighted by molar-refractivity contribution is 0.0932. The molecule has 1 aromatic rings. The molecular formula is C18H28N2O. The van der Waals surface area contributed by atoms with E-state index in [4.69, 9.17) is 0 Å². The Labute approximate surface area is 128 Å². The summed E-state index contributed by atoms with van der Waals surface area (Å²) in [5, 5.41) is 6.58. The number of unbranched alkanes of at least 4 members (excludes halogenated alkanes) is 1. The van der Waals surface area contributed by atoms with Crippen LogP contribution in [0.15, 0.2) is 18.2 Å². The zero-order valence-corrected chi connectivity index (χ0v) is 13.4. The Kier molecular flexibility index (Phi) is 6.24. The smallest absolute Gasteiger partial charge is 0.251 e. The van der Waals surface area contributed by atoms with Gasteiger partial charge in [-0.1, -0.05) is 39.2 Å². The van der Waals surface area contributed by atoms with Gasteiger partial charge in [0.1, 0.15) is 0 Å². The van der Waals surface area contributed by atoms with E-state index in [0.717, 1.165) is 44.3 Å². The number of benzene rings is 1. The van der Waals surface area contributed by atoms with Crippen molar-refractivity contribution in [1.29, 1.82) is 0 Å². The van der Waals surface area contributed by atoms with Crippen molar-refractivity contribution in [2.45, 2.75) is 65.0 Å². The number of carbonyl (C=O) groups excluding carboxylic acids is 1. The van der Waals surface area contributed by atoms with Crippen LogP contribution in [-0.4, -0.2) is 18.5 Å². The molecule has 0 fully saturated rings. The van der Waals surface area contributed by atoms with Crippen LogP contribution in [0.25, 0.3) is 0 Å². The third-order valence-corrected chi connectivity index (χ3v) is 4.23. The zero-order valence-electron chi connectivity index (χ0n) is 13.4. The Hall–Kier alpha value is -1.35. The maximum absolute atomic E-state index is 12.4. The van der Waals surface area contributed by atoms with E-state index in [1.807, 2.05) is 6.07 Å². The predicted molar refractivity (Wildman–Crippen MR) is 87.5 cm³/mol. The first-order valence-electron chi connectivity index (χ1n) is 8.38. The Morgan fingerprint density at radius 2 is 2.10 bits per heavy atom. The van der Waals surface area contributed by atoms with Gasteiger partial charge in [-0.2, -0.15) is 0 Å². The first-order valence-corrected chi connectivity index (χ1v) is 8.38. The fraction of sp³-hybridized carbons (Fsp3) is 0.611. The summed E-state index contributed by atoms with van der Waals surface area (Å²) in [7, 11) is 0. The molecule has 2 rings (SSSR count). The van der Waals surface area contributed by atoms with Crippen molar-refractivity contribution < 1.29 is 4.79 Å². The molecule has 0 radical (unpaired) electrons. The molecule has 116 valence electrons. The van der Waals surface area contributed by atoms with Crippen molar-refractivity contribution in [1.82, 2.24) is 10.6 Å². The average Bonchev–Trinajstić information content (AvgIpc) is 2.52. The number of nitrogens with one attached hydrogen (secondary N) is 2. The van der Waals surface area contributed by atoms with Gasteiger partial charge in [-0.25, -0.2) is 0 Å². The van der Waals surface area contributed by atoms with Crippen LogP contribution >= 0.6 is 0 Å². The lowest BCUT2D eigenvalue weighted by atomic mass is 9.98. The molecule has 0 spiro atoms. The first kappa shape index (κ1) is 16.0. The van der Waals surface area contributed by atoms with Crippen molar-refractivity contribution in [2.75, 3.05) is 6.54 Å². The van der Waals surface area contributed by atoms with E-state index in [-0.39, 0.29) is 5.91 Å². The van der Waals surface area contributed by atoms with Crippen LogP contribution in [0.5, 0.6) is 0 Å². The molecule has 1 aliphatic heterocycles. The second-order valence-electron chi connectivity index (χ2n) is 6.01. The molecule has 1 aliphatic rings. The van der Waals surface area contributed by atoms with E-state index < -0.39 is 0 Å². The second-order valence-corrected chi connectivity index (χ2v) is 6.01. The molecule has 1 amide bonds. The van der Waals surface area contributed by atoms with E-state index in [1.165, 1.54) is 24.0 Å². The monoisotopic (exact) mass is 288 g/mol. The van der Waals surface area contributed by atoms with Gasteiger partial charge < -0.3 is 10.6 Å². The highest BCUT2D eigenvalue weighted by molar-refractivity contribution is 5.94. The number of fused-ring (bicyclic) bond motifs is 1. The summed E-state index contributed by atoms with van der Waals surface area (Å²) in [6.45, 7) is 6.29. The van der Waals surface area contributed by atoms with Gasteiger partial charge in [0.15, 0.2) is 0 Å². The lowest BCUT2D eigenvalue weighted by Gasteiger charge is -2.20. The molecule has 21 heavy (non-hydrogen) atoms. The summed E-state index contributed by atoms with van der Waals surface area (Å²) in [6.07, 6.45) is 6.69. The number of hydrogen-bond donors (Lipinski definition) is 2. The minimum absolute atomic E-state index is 0.0814. The van der Waals surface area contributed by atoms with E-state index >= 15 is 0 Å². The Bertz CT molecular complexity index is 470. The Morgan fingerprint density at radius 1 is 1.24 bits per heavy atom. The van der Waals surface area contributed by atoms with Crippen LogP contribution in [0.3, 0.4) is 0 Å². The van der Waals surface area contributed by atoms with Crippen LogP contribution < -0.4 is 10.6 Å². The Balaban J connectivity index is 2.01. The molecule has 0 bridgehead atoms. The van der Waals surface area contributed by atoms with Crippen LogP contribution in [0, 0.1) is 0 Å². The van der Waals surface area contributed by atoms with Crippen molar-refractivity contribution in [3.63, 3.8) is 0 Å². The van der Waals surface area contributed by atoms with Gasteiger partial charge in [0.2, 0.25) is 0 Å². The van der Waals surface area contributed by atoms with Crippen LogP contribution in [-0.2, 0) is 13.0 Å². The van der Waals surface area contributed by atoms with Crippen LogP contribution in [0.4, 0.5) is 0 Å². The Morgan fingerprint density at radius 3 is 2.86 bits per heavy atom. The summed E-state index contributed by atoms with van der Waals surface area (Å²) >= 11 is 0. The minimum Gasteiger partial charge on any atom is -0.349 e. The van der Waals surface area contributed by atoms with Crippen LogP contribution in [0.2, 0.25) is 0 Å². The van der Waals surface area contributed by atoms with Crippen molar-refractivity contribution in [3.8, 4) is 0 Å². The topological polar surface area (TPSA) is 41.1 Å². The van der Waals surface area contributed by atoms with E-state index in [9.17, 15) is 4.79 Å². The number of hydrogen-bond acceptors (Lipinski definition) is 2. The summed E-state index contributed by atoms with van der Waals surface area (Å²) < 4.78 is 0. The van der Waals surface area contributed by atoms with E-state index in [1.54, 1.807) is 0 Å². The van der Waals surface area contributed by atoms with Gasteiger partial charge in [0.05, 0.1) is 0 Å². The molecule has 1 unspecified atom stereocenters. The fourth-order valence-corrected chi connectivity index (χ4v) is 2.98. The second kappa shape index (κ2) is 8.18. The molecule has 0 aliphatic carbocycles. The highest BCUT2D eigenvalue weighted by Gasteiger charge is 2.15. The molecule has 2 N–H and O–H groups in total. The largest absolute Gasteiger partial charge is 0.349 e. The maximum Gasteiger partial charge on any atom is 0.251 e. The normalized spacial score (nSPS) is 15.3. The first-order chi connectivity index (χ1) is 10.2. The molecule has 1 atom stereocenters. The number of carbonyl (C=O) groups is 1. The minimum atomic E-state index is 0.0814. The molecule has 0 aromatic heterocycles. The van der Waals surface area contributed by atoms with E-state index in [2.05, 4.69) is 36.6 Å². The average molecular weight is 288 g/mol. The zero-order chi connectivity index (χ0) is 15.1. The van der Waals surface area contributed by atoms with Gasteiger partial charge in [-0.05, 0) is 49.1 Å². The molecule has 1 heterocycles. The summed E-state index contributed by atoms with van der Waals surface area (Å²) in [5.74, 6) is 0.0814. The molecule has 1 aromatic carbocycles. The van der Waals surface area contributed by atoms with Crippen molar-refractivity contribution in [2.24, 2.45) is 0 Å². The van der Waals surface area contributed by atoms with Gasteiger partial charge in [0, 0.05) is 18.2 Å². The quantitative estimate of drug-likeness (QED) is 0.807. The molecule has 0 saturated heterocycles. The summed E-state index contributed by atoms with van der Waals surface area (Å²) in [4.78, 5) is 12.4. The predicted octanol–water partition coefficient (Wildman–Crippen LogP) is 3.42. The maximum atomic E-state index is 12.4. The number of amides is 1. The molecule has 3 heteroatoms. The lowest BCUT2D eigenvalue weighted by Crippen LogP contribution is -2.35. The third-order valence-electron chi connectivity index (χ3n) is 4.23. The molecular weight excluding hydrogens is 260 g/mol. The number of rotatable bonds is 7. The van der Waals surface area contributed by atoms with Crippen molar-refractivity contribution in [3.05, 3.63) is 34.9 Å². The van der Waals surface area contributed by atoms with Gasteiger partial charge in [-0.3, -0.25) is 4.79 Å². The highest BCUT2D eigenvalue weighted by atomic mass is 16.1. The van der Waals surface area contributed by atoms with E-state index in [0.29, 0.717) is 6.04 Å². The SMILES string of the molecule is CCCCC(CCC)NC(=O)c1ccc2c(c1)CNCC2. The summed E-state index contributed by atoms with van der Waals surface area (Å²) in [5.41, 5.74) is 3.45. The summed E-state index contributed by atoms with van der Waals surface area (Å²) in [6, 6.07) is 6.46. The molecule has 3 nitrogen and oxygen atoms in total. The van der Waals surface area contributed by atoms with Gasteiger partial charge in [-0.15, -0.1) is 0 Å². The third kappa shape index (κ3) is 4.57. The van der Waals surface area contributed by atoms with Crippen LogP contribution in [0.1, 0.15) is 67.4 Å². The van der Waals surface area contributed by atoms with Gasteiger partial charge >= 0.3 is 0 Å². The van der Waals surface area contributed by atoms with Crippen molar-refractivity contribution >= 4 is 5.91 Å². The highest BCUT2D eigenvalue weighted by Crippen LogP contribution is 2.16. The molecule has 0 saturated carbocycles. The fourth-order valence-electron chi connectivity index (χ4n) is 2.98. The van der Waals surface area contributed by atoms with Gasteiger partial charge in [0.25, 0.3) is 5.91 Å².